The van der Waals surface area contributed by atoms with Crippen molar-refractivity contribution in [2.45, 2.75) is 6.54 Å². The second-order valence-electron chi connectivity index (χ2n) is 4.59. The summed E-state index contributed by atoms with van der Waals surface area (Å²) in [7, 11) is 0. The monoisotopic (exact) mass is 310 g/mol. The molecule has 0 saturated carbocycles. The van der Waals surface area contributed by atoms with E-state index in [-0.39, 0.29) is 5.91 Å². The number of nitrogens with one attached hydrogen (secondary N) is 1. The molecular weight excluding hydrogens is 296 g/mol. The number of amides is 1. The van der Waals surface area contributed by atoms with Gasteiger partial charge < -0.3 is 9.73 Å². The Bertz CT molecular complexity index is 762. The topological polar surface area (TPSA) is 55.1 Å². The van der Waals surface area contributed by atoms with Crippen LogP contribution in [0.25, 0.3) is 16.6 Å². The molecule has 3 aromatic heterocycles. The van der Waals surface area contributed by atoms with Crippen LogP contribution in [0.5, 0.6) is 0 Å². The van der Waals surface area contributed by atoms with Crippen molar-refractivity contribution in [3.05, 3.63) is 71.6 Å². The largest absolute Gasteiger partial charge is 0.465 e. The summed E-state index contributed by atoms with van der Waals surface area (Å²) in [6.45, 7) is 0.461. The third-order valence-electron chi connectivity index (χ3n) is 3.01. The van der Waals surface area contributed by atoms with Gasteiger partial charge in [-0.3, -0.25) is 9.78 Å². The van der Waals surface area contributed by atoms with Gasteiger partial charge in [0.15, 0.2) is 0 Å². The van der Waals surface area contributed by atoms with E-state index in [9.17, 15) is 4.79 Å². The molecule has 0 unspecified atom stereocenters. The van der Waals surface area contributed by atoms with Crippen molar-refractivity contribution in [3.63, 3.8) is 0 Å². The number of carbonyl (C=O) groups excluding carboxylic acids is 1. The first-order chi connectivity index (χ1) is 10.8. The van der Waals surface area contributed by atoms with Gasteiger partial charge in [-0.15, -0.1) is 11.3 Å². The molecule has 22 heavy (non-hydrogen) atoms. The lowest BCUT2D eigenvalue weighted by Gasteiger charge is -2.04. The van der Waals surface area contributed by atoms with Crippen LogP contribution in [0.1, 0.15) is 11.3 Å². The Hall–Kier alpha value is -2.66. The second-order valence-corrected chi connectivity index (χ2v) is 5.54. The van der Waals surface area contributed by atoms with Crippen molar-refractivity contribution in [1.29, 1.82) is 0 Å². The standard InChI is InChI=1S/C17H14N2O2S/c20-17(6-5-14-3-1-9-21-14)19-12-13-7-8-18-15(11-13)16-4-2-10-22-16/h1-11H,12H2,(H,19,20). The molecule has 0 aliphatic heterocycles. The van der Waals surface area contributed by atoms with Crippen LogP contribution in [0.4, 0.5) is 0 Å². The third-order valence-corrected chi connectivity index (χ3v) is 3.90. The lowest BCUT2D eigenvalue weighted by Crippen LogP contribution is -2.20. The van der Waals surface area contributed by atoms with E-state index in [1.807, 2.05) is 29.6 Å². The van der Waals surface area contributed by atoms with Crippen LogP contribution in [-0.2, 0) is 11.3 Å². The van der Waals surface area contributed by atoms with Crippen LogP contribution >= 0.6 is 11.3 Å². The van der Waals surface area contributed by atoms with Crippen LogP contribution < -0.4 is 5.32 Å². The molecular formula is C17H14N2O2S. The summed E-state index contributed by atoms with van der Waals surface area (Å²) in [6, 6.07) is 11.5. The highest BCUT2D eigenvalue weighted by atomic mass is 32.1. The zero-order chi connectivity index (χ0) is 15.2. The summed E-state index contributed by atoms with van der Waals surface area (Å²) in [5, 5.41) is 4.86. The van der Waals surface area contributed by atoms with Gasteiger partial charge in [0, 0.05) is 18.8 Å². The van der Waals surface area contributed by atoms with Crippen molar-refractivity contribution in [2.24, 2.45) is 0 Å². The lowest BCUT2D eigenvalue weighted by atomic mass is 10.2. The minimum atomic E-state index is -0.161. The van der Waals surface area contributed by atoms with E-state index in [2.05, 4.69) is 10.3 Å². The summed E-state index contributed by atoms with van der Waals surface area (Å²) >= 11 is 1.64. The van der Waals surface area contributed by atoms with E-state index < -0.39 is 0 Å². The molecule has 0 bridgehead atoms. The summed E-state index contributed by atoms with van der Waals surface area (Å²) in [5.41, 5.74) is 1.94. The first-order valence-corrected chi connectivity index (χ1v) is 7.67. The highest BCUT2D eigenvalue weighted by Gasteiger charge is 2.03. The van der Waals surface area contributed by atoms with Crippen molar-refractivity contribution in [1.82, 2.24) is 10.3 Å². The molecule has 0 saturated heterocycles. The van der Waals surface area contributed by atoms with Crippen molar-refractivity contribution < 1.29 is 9.21 Å². The fourth-order valence-corrected chi connectivity index (χ4v) is 2.63. The van der Waals surface area contributed by atoms with Gasteiger partial charge in [0.2, 0.25) is 5.91 Å². The molecule has 3 rings (SSSR count). The molecule has 0 fully saturated rings. The van der Waals surface area contributed by atoms with E-state index in [0.29, 0.717) is 12.3 Å². The van der Waals surface area contributed by atoms with E-state index in [4.69, 9.17) is 4.42 Å². The number of pyridine rings is 1. The number of furan rings is 1. The van der Waals surface area contributed by atoms with E-state index in [0.717, 1.165) is 16.1 Å². The van der Waals surface area contributed by atoms with Crippen molar-refractivity contribution in [2.75, 3.05) is 0 Å². The second kappa shape index (κ2) is 6.87. The zero-order valence-electron chi connectivity index (χ0n) is 11.7. The molecule has 0 atom stereocenters. The fraction of sp³-hybridized carbons (Fsp3) is 0.0588. The summed E-state index contributed by atoms with van der Waals surface area (Å²) in [5.74, 6) is 0.491. The molecule has 0 aliphatic rings. The average molecular weight is 310 g/mol. The van der Waals surface area contributed by atoms with Gasteiger partial charge in [0.25, 0.3) is 0 Å². The number of thiophene rings is 1. The molecule has 0 radical (unpaired) electrons. The maximum absolute atomic E-state index is 11.8. The molecule has 1 amide bonds. The molecule has 0 aliphatic carbocycles. The Balaban J connectivity index is 1.59. The van der Waals surface area contributed by atoms with E-state index >= 15 is 0 Å². The van der Waals surface area contributed by atoms with Gasteiger partial charge >= 0.3 is 0 Å². The van der Waals surface area contributed by atoms with E-state index in [1.54, 1.807) is 42.0 Å². The van der Waals surface area contributed by atoms with Crippen LogP contribution in [0.2, 0.25) is 0 Å². The van der Waals surface area contributed by atoms with Crippen LogP contribution in [0, 0.1) is 0 Å². The smallest absolute Gasteiger partial charge is 0.244 e. The van der Waals surface area contributed by atoms with Gasteiger partial charge in [-0.25, -0.2) is 0 Å². The zero-order valence-corrected chi connectivity index (χ0v) is 12.5. The average Bonchev–Trinajstić information content (AvgIpc) is 3.24. The maximum atomic E-state index is 11.8. The quantitative estimate of drug-likeness (QED) is 0.731. The SMILES string of the molecule is O=C(C=Cc1ccco1)NCc1ccnc(-c2cccs2)c1. The Morgan fingerprint density at radius 3 is 3.05 bits per heavy atom. The molecule has 3 aromatic rings. The minimum Gasteiger partial charge on any atom is -0.465 e. The number of aromatic nitrogens is 1. The number of hydrogen-bond acceptors (Lipinski definition) is 4. The van der Waals surface area contributed by atoms with Gasteiger partial charge in [-0.2, -0.15) is 0 Å². The summed E-state index contributed by atoms with van der Waals surface area (Å²) in [6.07, 6.45) is 6.43. The number of nitrogens with zero attached hydrogens (tertiary/aromatic N) is 1. The highest BCUT2D eigenvalue weighted by Crippen LogP contribution is 2.22. The Labute approximate surface area is 132 Å². The molecule has 1 N–H and O–H groups in total. The van der Waals surface area contributed by atoms with Gasteiger partial charge in [-0.05, 0) is 47.4 Å². The van der Waals surface area contributed by atoms with E-state index in [1.165, 1.54) is 6.08 Å². The molecule has 110 valence electrons. The molecule has 3 heterocycles. The van der Waals surface area contributed by atoms with Gasteiger partial charge in [0.05, 0.1) is 16.8 Å². The Morgan fingerprint density at radius 2 is 2.27 bits per heavy atom. The predicted octanol–water partition coefficient (Wildman–Crippen LogP) is 3.73. The Morgan fingerprint density at radius 1 is 1.32 bits per heavy atom. The first kappa shape index (κ1) is 14.3. The molecule has 5 heteroatoms. The first-order valence-electron chi connectivity index (χ1n) is 6.79. The molecule has 4 nitrogen and oxygen atoms in total. The van der Waals surface area contributed by atoms with Gasteiger partial charge in [0.1, 0.15) is 5.76 Å². The predicted molar refractivity (Wildman–Crippen MR) is 87.1 cm³/mol. The molecule has 0 aromatic carbocycles. The fourth-order valence-electron chi connectivity index (χ4n) is 1.94. The number of hydrogen-bond donors (Lipinski definition) is 1. The third kappa shape index (κ3) is 3.71. The maximum Gasteiger partial charge on any atom is 0.244 e. The Kier molecular flexibility index (Phi) is 4.46. The normalized spacial score (nSPS) is 10.9. The van der Waals surface area contributed by atoms with Crippen LogP contribution in [-0.4, -0.2) is 10.9 Å². The van der Waals surface area contributed by atoms with Crippen LogP contribution in [0.15, 0.2) is 64.7 Å². The summed E-state index contributed by atoms with van der Waals surface area (Å²) < 4.78 is 5.13. The molecule has 0 spiro atoms. The van der Waals surface area contributed by atoms with Gasteiger partial charge in [-0.1, -0.05) is 6.07 Å². The van der Waals surface area contributed by atoms with Crippen molar-refractivity contribution in [3.8, 4) is 10.6 Å². The summed E-state index contributed by atoms with van der Waals surface area (Å²) in [4.78, 5) is 17.2. The number of rotatable bonds is 5. The minimum absolute atomic E-state index is 0.161. The highest BCUT2D eigenvalue weighted by molar-refractivity contribution is 7.13. The van der Waals surface area contributed by atoms with Crippen LogP contribution in [0.3, 0.4) is 0 Å². The van der Waals surface area contributed by atoms with Crippen molar-refractivity contribution >= 4 is 23.3 Å². The lowest BCUT2D eigenvalue weighted by molar-refractivity contribution is -0.116. The number of carbonyl (C=O) groups is 1.